The second-order valence-corrected chi connectivity index (χ2v) is 11.4. The molecule has 3 atom stereocenters. The molecule has 1 fully saturated rings. The summed E-state index contributed by atoms with van der Waals surface area (Å²) >= 11 is 6.01. The molecule has 0 bridgehead atoms. The predicted molar refractivity (Wildman–Crippen MR) is 142 cm³/mol. The number of halogens is 1. The maximum atomic E-state index is 13.6. The quantitative estimate of drug-likeness (QED) is 0.504. The van der Waals surface area contributed by atoms with Crippen molar-refractivity contribution in [1.82, 2.24) is 5.32 Å². The van der Waals surface area contributed by atoms with Crippen molar-refractivity contribution in [3.63, 3.8) is 0 Å². The molecule has 6 heteroatoms. The number of benzene rings is 2. The number of carbonyl (C=O) groups excluding carboxylic acids is 2. The van der Waals surface area contributed by atoms with Gasteiger partial charge >= 0.3 is 0 Å². The zero-order valence-electron chi connectivity index (χ0n) is 21.2. The first-order chi connectivity index (χ1) is 16.5. The van der Waals surface area contributed by atoms with Crippen molar-refractivity contribution in [3.8, 4) is 5.75 Å². The molecule has 35 heavy (non-hydrogen) atoms. The third-order valence-corrected chi connectivity index (χ3v) is 7.57. The van der Waals surface area contributed by atoms with E-state index in [2.05, 4.69) is 39.9 Å². The minimum absolute atomic E-state index is 0.0572. The molecule has 2 aromatic carbocycles. The van der Waals surface area contributed by atoms with E-state index in [1.807, 2.05) is 30.3 Å². The van der Waals surface area contributed by atoms with E-state index in [9.17, 15) is 9.59 Å². The summed E-state index contributed by atoms with van der Waals surface area (Å²) in [5.41, 5.74) is 2.37. The highest BCUT2D eigenvalue weighted by Gasteiger charge is 2.34. The van der Waals surface area contributed by atoms with Gasteiger partial charge in [0.1, 0.15) is 6.54 Å². The second kappa shape index (κ2) is 10.1. The monoisotopic (exact) mass is 494 g/mol. The van der Waals surface area contributed by atoms with E-state index in [1.54, 1.807) is 23.1 Å². The van der Waals surface area contributed by atoms with Gasteiger partial charge in [-0.2, -0.15) is 0 Å². The zero-order chi connectivity index (χ0) is 25.3. The average molecular weight is 495 g/mol. The van der Waals surface area contributed by atoms with E-state index >= 15 is 0 Å². The van der Waals surface area contributed by atoms with E-state index in [4.69, 9.17) is 16.3 Å². The Morgan fingerprint density at radius 1 is 1.14 bits per heavy atom. The highest BCUT2D eigenvalue weighted by molar-refractivity contribution is 6.30. The topological polar surface area (TPSA) is 58.6 Å². The van der Waals surface area contributed by atoms with Crippen LogP contribution in [0.5, 0.6) is 5.75 Å². The molecular formula is C29H35ClN2O3. The molecule has 4 rings (SSSR count). The van der Waals surface area contributed by atoms with Crippen LogP contribution < -0.4 is 15.0 Å². The van der Waals surface area contributed by atoms with Gasteiger partial charge in [0, 0.05) is 11.1 Å². The Bertz CT molecular complexity index is 1130. The van der Waals surface area contributed by atoms with Crippen LogP contribution >= 0.6 is 11.6 Å². The van der Waals surface area contributed by atoms with Crippen molar-refractivity contribution in [1.29, 1.82) is 0 Å². The fourth-order valence-electron chi connectivity index (χ4n) is 4.83. The van der Waals surface area contributed by atoms with Crippen molar-refractivity contribution in [3.05, 3.63) is 64.4 Å². The number of anilines is 1. The molecule has 0 saturated heterocycles. The van der Waals surface area contributed by atoms with Crippen LogP contribution in [0, 0.1) is 11.8 Å². The van der Waals surface area contributed by atoms with E-state index in [0.717, 1.165) is 24.0 Å². The summed E-state index contributed by atoms with van der Waals surface area (Å²) in [6.45, 7) is 10.7. The number of fused-ring (bicyclic) bond motifs is 1. The fourth-order valence-corrected chi connectivity index (χ4v) is 4.95. The Morgan fingerprint density at radius 2 is 1.86 bits per heavy atom. The standard InChI is InChI=1S/C29H35ClN2O3/c1-18-7-6-8-23(19(18)2)31-27(33)17-32-24-16-21(29(3,4)5)11-14-25(24)35-26(28(32)34)15-20-9-12-22(30)13-10-20/h9-16,18-19,23H,6-8,17H2,1-5H3,(H,31,33). The highest BCUT2D eigenvalue weighted by Crippen LogP contribution is 2.39. The second-order valence-electron chi connectivity index (χ2n) is 10.9. The third kappa shape index (κ3) is 5.72. The molecule has 0 radical (unpaired) electrons. The van der Waals surface area contributed by atoms with Crippen molar-refractivity contribution < 1.29 is 14.3 Å². The van der Waals surface area contributed by atoms with Crippen LogP contribution in [0.4, 0.5) is 5.69 Å². The Hall–Kier alpha value is -2.79. The Kier molecular flexibility index (Phi) is 7.27. The largest absolute Gasteiger partial charge is 0.449 e. The van der Waals surface area contributed by atoms with Crippen LogP contribution in [0.3, 0.4) is 0 Å². The van der Waals surface area contributed by atoms with Crippen molar-refractivity contribution in [2.45, 2.75) is 65.3 Å². The molecule has 2 aliphatic rings. The van der Waals surface area contributed by atoms with Crippen LogP contribution in [-0.4, -0.2) is 24.4 Å². The molecule has 186 valence electrons. The Balaban J connectivity index is 1.65. The van der Waals surface area contributed by atoms with Crippen LogP contribution in [0.1, 0.15) is 65.0 Å². The molecule has 3 unspecified atom stereocenters. The summed E-state index contributed by atoms with van der Waals surface area (Å²) in [6, 6.07) is 13.2. The van der Waals surface area contributed by atoms with Crippen LogP contribution in [-0.2, 0) is 15.0 Å². The first-order valence-electron chi connectivity index (χ1n) is 12.4. The van der Waals surface area contributed by atoms with Gasteiger partial charge < -0.3 is 10.1 Å². The van der Waals surface area contributed by atoms with E-state index in [-0.39, 0.29) is 35.6 Å². The molecule has 1 heterocycles. The summed E-state index contributed by atoms with van der Waals surface area (Å²) in [5, 5.41) is 3.82. The number of nitrogens with zero attached hydrogens (tertiary/aromatic N) is 1. The number of hydrogen-bond donors (Lipinski definition) is 1. The summed E-state index contributed by atoms with van der Waals surface area (Å²) in [4.78, 5) is 28.3. The van der Waals surface area contributed by atoms with Gasteiger partial charge in [-0.05, 0) is 65.1 Å². The summed E-state index contributed by atoms with van der Waals surface area (Å²) in [6.07, 6.45) is 4.96. The first-order valence-corrected chi connectivity index (χ1v) is 12.8. The number of amides is 2. The zero-order valence-corrected chi connectivity index (χ0v) is 22.0. The first kappa shape index (κ1) is 25.3. The number of carbonyl (C=O) groups is 2. The number of nitrogens with one attached hydrogen (secondary N) is 1. The Morgan fingerprint density at radius 3 is 2.54 bits per heavy atom. The van der Waals surface area contributed by atoms with Crippen molar-refractivity contribution in [2.24, 2.45) is 11.8 Å². The summed E-state index contributed by atoms with van der Waals surface area (Å²) < 4.78 is 6.04. The lowest BCUT2D eigenvalue weighted by atomic mass is 9.78. The summed E-state index contributed by atoms with van der Waals surface area (Å²) in [5.74, 6) is 1.24. The highest BCUT2D eigenvalue weighted by atomic mass is 35.5. The molecule has 1 saturated carbocycles. The molecule has 0 spiro atoms. The maximum Gasteiger partial charge on any atom is 0.294 e. The van der Waals surface area contributed by atoms with Gasteiger partial charge in [0.25, 0.3) is 5.91 Å². The van der Waals surface area contributed by atoms with Gasteiger partial charge in [0.05, 0.1) is 5.69 Å². The van der Waals surface area contributed by atoms with Gasteiger partial charge in [-0.3, -0.25) is 14.5 Å². The van der Waals surface area contributed by atoms with Crippen LogP contribution in [0.25, 0.3) is 6.08 Å². The number of rotatable bonds is 4. The molecule has 0 aromatic heterocycles. The van der Waals surface area contributed by atoms with Crippen LogP contribution in [0.15, 0.2) is 48.2 Å². The van der Waals surface area contributed by atoms with Gasteiger partial charge in [-0.1, -0.05) is 77.3 Å². The number of ether oxygens (including phenoxy) is 1. The Labute approximate surface area is 213 Å². The van der Waals surface area contributed by atoms with Gasteiger partial charge in [0.2, 0.25) is 5.91 Å². The molecule has 1 aliphatic carbocycles. The van der Waals surface area contributed by atoms with Crippen LogP contribution in [0.2, 0.25) is 5.02 Å². The SMILES string of the molecule is CC1CCCC(NC(=O)CN2C(=O)C(=Cc3ccc(Cl)cc3)Oc3ccc(C(C)(C)C)cc32)C1C. The van der Waals surface area contributed by atoms with Gasteiger partial charge in [-0.15, -0.1) is 0 Å². The maximum absolute atomic E-state index is 13.6. The molecule has 1 aliphatic heterocycles. The van der Waals surface area contributed by atoms with Crippen molar-refractivity contribution in [2.75, 3.05) is 11.4 Å². The van der Waals surface area contributed by atoms with Gasteiger partial charge in [0.15, 0.2) is 11.5 Å². The smallest absolute Gasteiger partial charge is 0.294 e. The van der Waals surface area contributed by atoms with Gasteiger partial charge in [-0.25, -0.2) is 0 Å². The normalized spacial score (nSPS) is 23.6. The predicted octanol–water partition coefficient (Wildman–Crippen LogP) is 6.34. The number of hydrogen-bond acceptors (Lipinski definition) is 3. The molecule has 2 amide bonds. The third-order valence-electron chi connectivity index (χ3n) is 7.31. The minimum Gasteiger partial charge on any atom is -0.449 e. The van der Waals surface area contributed by atoms with Crippen molar-refractivity contribution >= 4 is 35.2 Å². The van der Waals surface area contributed by atoms with E-state index in [0.29, 0.717) is 28.3 Å². The lowest BCUT2D eigenvalue weighted by Gasteiger charge is -2.36. The molecular weight excluding hydrogens is 460 g/mol. The van der Waals surface area contributed by atoms with E-state index < -0.39 is 0 Å². The average Bonchev–Trinajstić information content (AvgIpc) is 2.80. The lowest BCUT2D eigenvalue weighted by molar-refractivity contribution is -0.124. The minimum atomic E-state index is -0.335. The molecule has 5 nitrogen and oxygen atoms in total. The fraction of sp³-hybridized carbons (Fsp3) is 0.448. The van der Waals surface area contributed by atoms with E-state index in [1.165, 1.54) is 6.42 Å². The lowest BCUT2D eigenvalue weighted by Crippen LogP contribution is -2.49. The molecule has 2 aromatic rings. The summed E-state index contributed by atoms with van der Waals surface area (Å²) in [7, 11) is 0. The molecule has 1 N–H and O–H groups in total.